The molecular formula is C21H20ClN3O3. The van der Waals surface area contributed by atoms with Gasteiger partial charge >= 0.3 is 0 Å². The van der Waals surface area contributed by atoms with E-state index in [1.54, 1.807) is 23.1 Å². The molecule has 1 aromatic heterocycles. The second kappa shape index (κ2) is 7.64. The van der Waals surface area contributed by atoms with Crippen molar-refractivity contribution in [1.29, 1.82) is 0 Å². The highest BCUT2D eigenvalue weighted by molar-refractivity contribution is 6.30. The molecule has 1 fully saturated rings. The molecule has 2 amide bonds. The Balaban J connectivity index is 1.53. The number of oxazole rings is 1. The smallest absolute Gasteiger partial charge is 0.253 e. The summed E-state index contributed by atoms with van der Waals surface area (Å²) in [5.41, 5.74) is 8.25. The molecule has 1 saturated heterocycles. The van der Waals surface area contributed by atoms with Gasteiger partial charge in [-0.05, 0) is 48.7 Å². The maximum Gasteiger partial charge on any atom is 0.253 e. The van der Waals surface area contributed by atoms with Crippen LogP contribution in [-0.2, 0) is 11.2 Å². The summed E-state index contributed by atoms with van der Waals surface area (Å²) in [6.45, 7) is 0.994. The normalized spacial score (nSPS) is 17.0. The van der Waals surface area contributed by atoms with E-state index >= 15 is 0 Å². The van der Waals surface area contributed by atoms with Gasteiger partial charge in [0.1, 0.15) is 5.52 Å². The van der Waals surface area contributed by atoms with Crippen LogP contribution in [0.3, 0.4) is 0 Å². The highest BCUT2D eigenvalue weighted by Gasteiger charge is 2.27. The third kappa shape index (κ3) is 3.87. The molecule has 0 unspecified atom stereocenters. The van der Waals surface area contributed by atoms with Crippen LogP contribution in [0.2, 0.25) is 5.02 Å². The van der Waals surface area contributed by atoms with Gasteiger partial charge in [-0.25, -0.2) is 4.98 Å². The molecule has 144 valence electrons. The molecule has 0 radical (unpaired) electrons. The second-order valence-corrected chi connectivity index (χ2v) is 7.52. The number of piperidine rings is 1. The summed E-state index contributed by atoms with van der Waals surface area (Å²) >= 11 is 5.92. The number of fused-ring (bicyclic) bond motifs is 1. The Morgan fingerprint density at radius 3 is 2.75 bits per heavy atom. The van der Waals surface area contributed by atoms with Crippen molar-refractivity contribution < 1.29 is 14.0 Å². The molecule has 2 aromatic carbocycles. The Bertz CT molecular complexity index is 1030. The van der Waals surface area contributed by atoms with E-state index in [0.29, 0.717) is 47.1 Å². The van der Waals surface area contributed by atoms with Crippen LogP contribution in [0.1, 0.15) is 34.7 Å². The second-order valence-electron chi connectivity index (χ2n) is 7.09. The minimum absolute atomic E-state index is 0.116. The van der Waals surface area contributed by atoms with Gasteiger partial charge in [0.15, 0.2) is 11.5 Å². The van der Waals surface area contributed by atoms with Crippen molar-refractivity contribution in [3.63, 3.8) is 0 Å². The van der Waals surface area contributed by atoms with Crippen LogP contribution in [0, 0.1) is 5.92 Å². The van der Waals surface area contributed by atoms with Crippen LogP contribution >= 0.6 is 11.6 Å². The summed E-state index contributed by atoms with van der Waals surface area (Å²) in [4.78, 5) is 30.5. The van der Waals surface area contributed by atoms with Gasteiger partial charge in [-0.15, -0.1) is 0 Å². The SMILES string of the molecule is NC(=O)[C@H]1CCCN(C(=O)c2ccc3oc(Cc4ccc(Cl)cc4)nc3c2)C1. The lowest BCUT2D eigenvalue weighted by Crippen LogP contribution is -2.44. The molecule has 0 bridgehead atoms. The molecule has 2 N–H and O–H groups in total. The molecule has 4 rings (SSSR count). The molecule has 2 heterocycles. The Kier molecular flexibility index (Phi) is 5.05. The first-order chi connectivity index (χ1) is 13.5. The van der Waals surface area contributed by atoms with Crippen LogP contribution in [-0.4, -0.2) is 34.8 Å². The lowest BCUT2D eigenvalue weighted by atomic mass is 9.97. The van der Waals surface area contributed by atoms with E-state index in [9.17, 15) is 9.59 Å². The molecule has 1 atom stereocenters. The molecule has 0 spiro atoms. The predicted octanol–water partition coefficient (Wildman–Crippen LogP) is 3.41. The van der Waals surface area contributed by atoms with Crippen molar-refractivity contribution in [3.8, 4) is 0 Å². The fourth-order valence-electron chi connectivity index (χ4n) is 3.54. The largest absolute Gasteiger partial charge is 0.440 e. The summed E-state index contributed by atoms with van der Waals surface area (Å²) in [7, 11) is 0. The van der Waals surface area contributed by atoms with Gasteiger partial charge in [0.2, 0.25) is 5.91 Å². The molecule has 0 aliphatic carbocycles. The average Bonchev–Trinajstić information content (AvgIpc) is 3.10. The number of carbonyl (C=O) groups excluding carboxylic acids is 2. The van der Waals surface area contributed by atoms with Gasteiger partial charge < -0.3 is 15.1 Å². The number of primary amides is 1. The van der Waals surface area contributed by atoms with E-state index in [0.717, 1.165) is 18.4 Å². The quantitative estimate of drug-likeness (QED) is 0.730. The van der Waals surface area contributed by atoms with Crippen molar-refractivity contribution in [2.45, 2.75) is 19.3 Å². The van der Waals surface area contributed by atoms with Crippen LogP contribution in [0.25, 0.3) is 11.1 Å². The van der Waals surface area contributed by atoms with Gasteiger partial charge in [-0.2, -0.15) is 0 Å². The molecule has 0 saturated carbocycles. The summed E-state index contributed by atoms with van der Waals surface area (Å²) < 4.78 is 5.80. The Morgan fingerprint density at radius 1 is 1.21 bits per heavy atom. The lowest BCUT2D eigenvalue weighted by molar-refractivity contribution is -0.123. The topological polar surface area (TPSA) is 89.4 Å². The molecule has 1 aliphatic heterocycles. The van der Waals surface area contributed by atoms with E-state index in [4.69, 9.17) is 21.8 Å². The molecule has 1 aliphatic rings. The number of benzene rings is 2. The van der Waals surface area contributed by atoms with Crippen LogP contribution in [0.5, 0.6) is 0 Å². The summed E-state index contributed by atoms with van der Waals surface area (Å²) in [6, 6.07) is 12.7. The number of carbonyl (C=O) groups is 2. The van der Waals surface area contributed by atoms with Crippen LogP contribution in [0.4, 0.5) is 0 Å². The number of nitrogens with zero attached hydrogens (tertiary/aromatic N) is 2. The maximum atomic E-state index is 12.8. The number of hydrogen-bond acceptors (Lipinski definition) is 4. The van der Waals surface area contributed by atoms with Gasteiger partial charge in [0, 0.05) is 30.1 Å². The maximum absolute atomic E-state index is 12.8. The number of halogens is 1. The van der Waals surface area contributed by atoms with Gasteiger partial charge in [-0.3, -0.25) is 9.59 Å². The summed E-state index contributed by atoms with van der Waals surface area (Å²) in [6.07, 6.45) is 2.05. The van der Waals surface area contributed by atoms with Crippen LogP contribution in [0.15, 0.2) is 46.9 Å². The van der Waals surface area contributed by atoms with Crippen molar-refractivity contribution in [3.05, 3.63) is 64.5 Å². The minimum Gasteiger partial charge on any atom is -0.440 e. The van der Waals surface area contributed by atoms with Gasteiger partial charge in [0.25, 0.3) is 5.91 Å². The third-order valence-electron chi connectivity index (χ3n) is 5.06. The number of nitrogens with two attached hydrogens (primary N) is 1. The van der Waals surface area contributed by atoms with Crippen molar-refractivity contribution in [2.75, 3.05) is 13.1 Å². The van der Waals surface area contributed by atoms with E-state index < -0.39 is 0 Å². The number of aromatic nitrogens is 1. The standard InChI is InChI=1S/C21H20ClN3O3/c22-16-6-3-13(4-7-16)10-19-24-17-11-14(5-8-18(17)28-19)21(27)25-9-1-2-15(12-25)20(23)26/h3-8,11,15H,1-2,9-10,12H2,(H2,23,26)/t15-/m0/s1. The molecule has 7 heteroatoms. The third-order valence-corrected chi connectivity index (χ3v) is 5.31. The summed E-state index contributed by atoms with van der Waals surface area (Å²) in [5.74, 6) is -0.167. The zero-order valence-corrected chi connectivity index (χ0v) is 16.0. The van der Waals surface area contributed by atoms with Crippen LogP contribution < -0.4 is 5.73 Å². The minimum atomic E-state index is -0.351. The zero-order chi connectivity index (χ0) is 19.7. The number of rotatable bonds is 4. The lowest BCUT2D eigenvalue weighted by Gasteiger charge is -2.31. The van der Waals surface area contributed by atoms with Crippen molar-refractivity contribution in [2.24, 2.45) is 11.7 Å². The fourth-order valence-corrected chi connectivity index (χ4v) is 3.66. The first-order valence-electron chi connectivity index (χ1n) is 9.22. The fraction of sp³-hybridized carbons (Fsp3) is 0.286. The average molecular weight is 398 g/mol. The van der Waals surface area contributed by atoms with E-state index in [-0.39, 0.29) is 17.7 Å². The molecule has 3 aromatic rings. The number of likely N-dealkylation sites (tertiary alicyclic amines) is 1. The first kappa shape index (κ1) is 18.5. The monoisotopic (exact) mass is 397 g/mol. The van der Waals surface area contributed by atoms with E-state index in [2.05, 4.69) is 4.98 Å². The molecular weight excluding hydrogens is 378 g/mol. The highest BCUT2D eigenvalue weighted by atomic mass is 35.5. The van der Waals surface area contributed by atoms with Crippen molar-refractivity contribution >= 4 is 34.5 Å². The number of amides is 2. The Hall–Kier alpha value is -2.86. The summed E-state index contributed by atoms with van der Waals surface area (Å²) in [5, 5.41) is 0.681. The van der Waals surface area contributed by atoms with E-state index in [1.807, 2.05) is 24.3 Å². The molecule has 6 nitrogen and oxygen atoms in total. The predicted molar refractivity (Wildman–Crippen MR) is 106 cm³/mol. The molecule has 28 heavy (non-hydrogen) atoms. The first-order valence-corrected chi connectivity index (χ1v) is 9.60. The Morgan fingerprint density at radius 2 is 2.00 bits per heavy atom. The number of hydrogen-bond donors (Lipinski definition) is 1. The van der Waals surface area contributed by atoms with Gasteiger partial charge in [0.05, 0.1) is 5.92 Å². The highest BCUT2D eigenvalue weighted by Crippen LogP contribution is 2.23. The Labute approximate surface area is 167 Å². The van der Waals surface area contributed by atoms with Gasteiger partial charge in [-0.1, -0.05) is 23.7 Å². The zero-order valence-electron chi connectivity index (χ0n) is 15.2. The van der Waals surface area contributed by atoms with Crippen molar-refractivity contribution in [1.82, 2.24) is 9.88 Å². The van der Waals surface area contributed by atoms with E-state index in [1.165, 1.54) is 0 Å².